The fourth-order valence-corrected chi connectivity index (χ4v) is 3.68. The summed E-state index contributed by atoms with van der Waals surface area (Å²) in [5.41, 5.74) is 6.64. The highest BCUT2D eigenvalue weighted by atomic mass is 19.1. The van der Waals surface area contributed by atoms with Gasteiger partial charge in [-0.3, -0.25) is 0 Å². The van der Waals surface area contributed by atoms with Crippen molar-refractivity contribution in [2.45, 2.75) is 122 Å². The molecule has 2 atom stereocenters. The SMILES string of the molecule is C=C(C)c1c(C)cccc1F.C=C(NC1=CC=CC(CC)C1C)C(=C)/C(C)=C\C.CC.CCCC.CCCCC. The maximum absolute atomic E-state index is 13.0. The van der Waals surface area contributed by atoms with Gasteiger partial charge in [0.1, 0.15) is 5.82 Å². The summed E-state index contributed by atoms with van der Waals surface area (Å²) in [7, 11) is 0. The summed E-state index contributed by atoms with van der Waals surface area (Å²) in [5, 5.41) is 3.42. The number of hydrogen-bond acceptors (Lipinski definition) is 1. The second-order valence-electron chi connectivity index (χ2n) is 9.99. The third-order valence-electron chi connectivity index (χ3n) is 6.66. The molecule has 1 aromatic rings. The summed E-state index contributed by atoms with van der Waals surface area (Å²) in [5.74, 6) is 0.939. The van der Waals surface area contributed by atoms with Gasteiger partial charge in [-0.25, -0.2) is 4.39 Å². The normalized spacial score (nSPS) is 15.2. The quantitative estimate of drug-likeness (QED) is 0.300. The van der Waals surface area contributed by atoms with Crippen LogP contribution in [-0.4, -0.2) is 0 Å². The first-order valence-corrected chi connectivity index (χ1v) is 15.5. The molecule has 1 N–H and O–H groups in total. The van der Waals surface area contributed by atoms with Crippen molar-refractivity contribution in [3.63, 3.8) is 0 Å². The van der Waals surface area contributed by atoms with Crippen molar-refractivity contribution in [3.05, 3.63) is 102 Å². The van der Waals surface area contributed by atoms with Gasteiger partial charge in [0.2, 0.25) is 0 Å². The van der Waals surface area contributed by atoms with Gasteiger partial charge in [0.15, 0.2) is 0 Å². The Kier molecular flexibility index (Phi) is 27.8. The lowest BCUT2D eigenvalue weighted by Crippen LogP contribution is -2.25. The van der Waals surface area contributed by atoms with E-state index in [1.807, 2.05) is 40.7 Å². The van der Waals surface area contributed by atoms with Crippen molar-refractivity contribution in [3.8, 4) is 0 Å². The molecule has 0 saturated heterocycles. The van der Waals surface area contributed by atoms with Gasteiger partial charge < -0.3 is 5.32 Å². The standard InChI is InChI=1S/C17H25N.C10H11F.C5H12.C4H10.C2H6/c1-7-12(3)13(4)15(6)18-17-11-9-10-16(8-2)14(17)5;1-7(2)10-8(3)5-4-6-9(10)11;1-3-5-4-2;1-3-4-2;1-2/h7,9-11,14,16,18H,4,6,8H2,1-3,5H3;4-6H,1H2,2-3H3;3-5H2,1-2H3;3-4H2,1-2H3;1-2H3/b12-7-;;;;. The van der Waals surface area contributed by atoms with Gasteiger partial charge in [0.05, 0.1) is 0 Å². The highest BCUT2D eigenvalue weighted by Crippen LogP contribution is 2.28. The van der Waals surface area contributed by atoms with Gasteiger partial charge in [-0.05, 0) is 74.5 Å². The van der Waals surface area contributed by atoms with Gasteiger partial charge in [0, 0.05) is 22.9 Å². The largest absolute Gasteiger partial charge is 0.359 e. The molecule has 1 aliphatic carbocycles. The minimum absolute atomic E-state index is 0.183. The highest BCUT2D eigenvalue weighted by molar-refractivity contribution is 5.64. The van der Waals surface area contributed by atoms with Gasteiger partial charge >= 0.3 is 0 Å². The molecule has 2 unspecified atom stereocenters. The third-order valence-corrected chi connectivity index (χ3v) is 6.66. The molecule has 0 spiro atoms. The van der Waals surface area contributed by atoms with Crippen LogP contribution < -0.4 is 5.32 Å². The Hall–Kier alpha value is -2.61. The Labute approximate surface area is 250 Å². The van der Waals surface area contributed by atoms with E-state index in [0.717, 1.165) is 28.8 Å². The molecule has 40 heavy (non-hydrogen) atoms. The molecule has 0 aliphatic heterocycles. The minimum Gasteiger partial charge on any atom is -0.359 e. The summed E-state index contributed by atoms with van der Waals surface area (Å²) >= 11 is 0. The summed E-state index contributed by atoms with van der Waals surface area (Å²) in [6, 6.07) is 5.04. The maximum atomic E-state index is 13.0. The van der Waals surface area contributed by atoms with E-state index in [4.69, 9.17) is 0 Å². The van der Waals surface area contributed by atoms with E-state index >= 15 is 0 Å². The van der Waals surface area contributed by atoms with E-state index < -0.39 is 0 Å². The smallest absolute Gasteiger partial charge is 0.130 e. The maximum Gasteiger partial charge on any atom is 0.130 e. The second kappa shape index (κ2) is 26.6. The van der Waals surface area contributed by atoms with Crippen LogP contribution in [0.3, 0.4) is 0 Å². The Morgan fingerprint density at radius 2 is 1.50 bits per heavy atom. The summed E-state index contributed by atoms with van der Waals surface area (Å²) in [6.07, 6.45) is 16.5. The average molecular weight is 554 g/mol. The lowest BCUT2D eigenvalue weighted by atomic mass is 9.85. The fraction of sp³-hybridized carbons (Fsp3) is 0.526. The van der Waals surface area contributed by atoms with Crippen molar-refractivity contribution in [1.82, 2.24) is 5.32 Å². The Bertz CT molecular complexity index is 905. The number of allylic oxidation sites excluding steroid dienone is 7. The van der Waals surface area contributed by atoms with E-state index in [-0.39, 0.29) is 5.82 Å². The molecule has 0 aromatic heterocycles. The summed E-state index contributed by atoms with van der Waals surface area (Å²) < 4.78 is 13.0. The van der Waals surface area contributed by atoms with Crippen molar-refractivity contribution in [1.29, 1.82) is 0 Å². The van der Waals surface area contributed by atoms with Crippen molar-refractivity contribution in [2.24, 2.45) is 11.8 Å². The number of nitrogens with one attached hydrogen (secondary N) is 1. The predicted molar refractivity (Wildman–Crippen MR) is 184 cm³/mol. The number of aryl methyl sites for hydroxylation is 1. The zero-order chi connectivity index (χ0) is 31.7. The molecule has 228 valence electrons. The minimum atomic E-state index is -0.183. The lowest BCUT2D eigenvalue weighted by Gasteiger charge is -2.27. The molecular formula is C38H64FN. The number of benzene rings is 1. The molecule has 0 saturated carbocycles. The van der Waals surface area contributed by atoms with Crippen LogP contribution in [-0.2, 0) is 0 Å². The number of halogens is 1. The Morgan fingerprint density at radius 3 is 1.85 bits per heavy atom. The van der Waals surface area contributed by atoms with E-state index in [0.29, 0.717) is 17.4 Å². The molecule has 1 aromatic carbocycles. The zero-order valence-electron chi connectivity index (χ0n) is 28.4. The average Bonchev–Trinajstić information content (AvgIpc) is 2.95. The topological polar surface area (TPSA) is 12.0 Å². The monoisotopic (exact) mass is 554 g/mol. The van der Waals surface area contributed by atoms with E-state index in [2.05, 4.69) is 97.8 Å². The molecule has 0 amide bonds. The lowest BCUT2D eigenvalue weighted by molar-refractivity contribution is 0.452. The molecule has 1 nitrogen and oxygen atoms in total. The molecule has 0 heterocycles. The van der Waals surface area contributed by atoms with E-state index in [9.17, 15) is 4.39 Å². The number of hydrogen-bond donors (Lipinski definition) is 1. The van der Waals surface area contributed by atoms with Crippen molar-refractivity contribution < 1.29 is 4.39 Å². The van der Waals surface area contributed by atoms with Crippen LogP contribution in [0.1, 0.15) is 126 Å². The van der Waals surface area contributed by atoms with Crippen LogP contribution in [0.2, 0.25) is 0 Å². The molecule has 2 heteroatoms. The highest BCUT2D eigenvalue weighted by Gasteiger charge is 2.20. The molecule has 0 radical (unpaired) electrons. The van der Waals surface area contributed by atoms with Crippen LogP contribution >= 0.6 is 0 Å². The summed E-state index contributed by atoms with van der Waals surface area (Å²) in [4.78, 5) is 0. The number of unbranched alkanes of at least 4 members (excludes halogenated alkanes) is 3. The number of rotatable bonds is 9. The van der Waals surface area contributed by atoms with Crippen LogP contribution in [0.25, 0.3) is 5.57 Å². The fourth-order valence-electron chi connectivity index (χ4n) is 3.68. The first-order valence-electron chi connectivity index (χ1n) is 15.5. The van der Waals surface area contributed by atoms with E-state index in [1.54, 1.807) is 6.07 Å². The molecule has 0 bridgehead atoms. The first kappa shape index (κ1) is 41.9. The van der Waals surface area contributed by atoms with E-state index in [1.165, 1.54) is 49.4 Å². The summed E-state index contributed by atoms with van der Waals surface area (Å²) in [6.45, 7) is 36.9. The van der Waals surface area contributed by atoms with Crippen LogP contribution in [0, 0.1) is 24.6 Å². The van der Waals surface area contributed by atoms with Crippen molar-refractivity contribution >= 4 is 5.57 Å². The zero-order valence-corrected chi connectivity index (χ0v) is 28.4. The first-order chi connectivity index (χ1) is 19.0. The Morgan fingerprint density at radius 1 is 0.950 bits per heavy atom. The predicted octanol–water partition coefficient (Wildman–Crippen LogP) is 12.9. The second-order valence-corrected chi connectivity index (χ2v) is 9.99. The van der Waals surface area contributed by atoms with Gasteiger partial charge in [-0.2, -0.15) is 0 Å². The molecular weight excluding hydrogens is 489 g/mol. The van der Waals surface area contributed by atoms with Gasteiger partial charge in [0.25, 0.3) is 0 Å². The third kappa shape index (κ3) is 17.9. The van der Waals surface area contributed by atoms with Crippen LogP contribution in [0.5, 0.6) is 0 Å². The van der Waals surface area contributed by atoms with Crippen LogP contribution in [0.4, 0.5) is 4.39 Å². The van der Waals surface area contributed by atoms with Crippen LogP contribution in [0.15, 0.2) is 84.8 Å². The van der Waals surface area contributed by atoms with Gasteiger partial charge in [-0.1, -0.05) is 138 Å². The molecule has 2 rings (SSSR count). The molecule has 0 fully saturated rings. The molecule has 1 aliphatic rings. The van der Waals surface area contributed by atoms with Crippen molar-refractivity contribution in [2.75, 3.05) is 0 Å². The Balaban J connectivity index is -0.000000526. The van der Waals surface area contributed by atoms with Gasteiger partial charge in [-0.15, -0.1) is 0 Å².